The van der Waals surface area contributed by atoms with Gasteiger partial charge in [-0.15, -0.1) is 0 Å². The van der Waals surface area contributed by atoms with E-state index in [0.29, 0.717) is 11.6 Å². The summed E-state index contributed by atoms with van der Waals surface area (Å²) in [5, 5.41) is 0. The van der Waals surface area contributed by atoms with E-state index in [1.165, 1.54) is 25.4 Å². The molecule has 2 aromatic heterocycles. The molecule has 0 fully saturated rings. The number of sulfonamides is 1. The molecule has 0 saturated heterocycles. The first-order valence-electron chi connectivity index (χ1n) is 7.26. The van der Waals surface area contributed by atoms with Crippen molar-refractivity contribution < 1.29 is 13.2 Å². The molecule has 0 spiro atoms. The van der Waals surface area contributed by atoms with Crippen LogP contribution in [-0.4, -0.2) is 25.1 Å². The van der Waals surface area contributed by atoms with Gasteiger partial charge in [0.15, 0.2) is 0 Å². The van der Waals surface area contributed by atoms with Crippen molar-refractivity contribution in [2.45, 2.75) is 11.8 Å². The third kappa shape index (κ3) is 3.26. The van der Waals surface area contributed by atoms with E-state index in [4.69, 9.17) is 4.74 Å². The van der Waals surface area contributed by atoms with Crippen molar-refractivity contribution in [1.29, 1.82) is 0 Å². The molecule has 0 aliphatic carbocycles. The highest BCUT2D eigenvalue weighted by molar-refractivity contribution is 7.92. The van der Waals surface area contributed by atoms with Crippen LogP contribution in [0.3, 0.4) is 0 Å². The average Bonchev–Trinajstić information content (AvgIpc) is 3.11. The fourth-order valence-electron chi connectivity index (χ4n) is 2.24. The zero-order valence-corrected chi connectivity index (χ0v) is 14.1. The van der Waals surface area contributed by atoms with Crippen molar-refractivity contribution >= 4 is 15.7 Å². The Morgan fingerprint density at radius 2 is 1.88 bits per heavy atom. The van der Waals surface area contributed by atoms with Gasteiger partial charge in [-0.3, -0.25) is 4.72 Å². The number of methoxy groups -OCH3 is 1. The first-order chi connectivity index (χ1) is 11.5. The van der Waals surface area contributed by atoms with Gasteiger partial charge >= 0.3 is 0 Å². The molecule has 2 heterocycles. The Bertz CT molecular complexity index is 934. The van der Waals surface area contributed by atoms with Gasteiger partial charge in [0, 0.05) is 24.1 Å². The number of anilines is 1. The highest BCUT2D eigenvalue weighted by atomic mass is 32.2. The van der Waals surface area contributed by atoms with Crippen LogP contribution in [0.25, 0.3) is 5.69 Å². The predicted octanol–water partition coefficient (Wildman–Crippen LogP) is 2.99. The predicted molar refractivity (Wildman–Crippen MR) is 92.1 cm³/mol. The Balaban J connectivity index is 1.93. The lowest BCUT2D eigenvalue weighted by atomic mass is 10.2. The van der Waals surface area contributed by atoms with E-state index in [1.54, 1.807) is 6.07 Å². The van der Waals surface area contributed by atoms with Crippen molar-refractivity contribution in [3.05, 3.63) is 66.6 Å². The van der Waals surface area contributed by atoms with Crippen molar-refractivity contribution in [2.75, 3.05) is 11.8 Å². The number of nitrogens with zero attached hydrogens (tertiary/aromatic N) is 2. The lowest BCUT2D eigenvalue weighted by Gasteiger charge is -2.13. The Hall–Kier alpha value is -2.80. The van der Waals surface area contributed by atoms with E-state index >= 15 is 0 Å². The summed E-state index contributed by atoms with van der Waals surface area (Å²) in [4.78, 5) is 4.02. The molecule has 124 valence electrons. The molecule has 1 aromatic carbocycles. The zero-order chi connectivity index (χ0) is 17.2. The summed E-state index contributed by atoms with van der Waals surface area (Å²) in [5.74, 6) is 0.361. The summed E-state index contributed by atoms with van der Waals surface area (Å²) in [6, 6.07) is 12.4. The molecule has 0 aliphatic rings. The van der Waals surface area contributed by atoms with Crippen LogP contribution >= 0.6 is 0 Å². The molecular formula is C17H17N3O3S. The van der Waals surface area contributed by atoms with Gasteiger partial charge in [-0.25, -0.2) is 13.4 Å². The summed E-state index contributed by atoms with van der Waals surface area (Å²) in [6.07, 6.45) is 5.07. The van der Waals surface area contributed by atoms with E-state index in [-0.39, 0.29) is 4.90 Å². The van der Waals surface area contributed by atoms with Crippen LogP contribution in [0.15, 0.2) is 66.0 Å². The fraction of sp³-hybridized carbons (Fsp3) is 0.118. The normalized spacial score (nSPS) is 11.2. The third-order valence-corrected chi connectivity index (χ3v) is 4.95. The molecule has 7 heteroatoms. The molecule has 0 unspecified atom stereocenters. The quantitative estimate of drug-likeness (QED) is 0.773. The number of hydrogen-bond acceptors (Lipinski definition) is 4. The summed E-state index contributed by atoms with van der Waals surface area (Å²) in [7, 11) is -2.25. The number of nitrogens with one attached hydrogen (secondary N) is 1. The van der Waals surface area contributed by atoms with Gasteiger partial charge in [0.1, 0.15) is 4.90 Å². The number of benzene rings is 1. The summed E-state index contributed by atoms with van der Waals surface area (Å²) < 4.78 is 34.6. The van der Waals surface area contributed by atoms with Crippen molar-refractivity contribution in [3.63, 3.8) is 0 Å². The minimum Gasteiger partial charge on any atom is -0.481 e. The van der Waals surface area contributed by atoms with Crippen LogP contribution in [0.2, 0.25) is 0 Å². The standard InChI is InChI=1S/C17H17N3O3S/c1-13-5-6-14(20-9-3-4-10-20)11-16(13)19-24(21,22)15-7-8-17(23-2)18-12-15/h3-12,19H,1-2H3. The van der Waals surface area contributed by atoms with Crippen LogP contribution in [-0.2, 0) is 10.0 Å². The highest BCUT2D eigenvalue weighted by Crippen LogP contribution is 2.23. The number of aromatic nitrogens is 2. The Morgan fingerprint density at radius 3 is 2.50 bits per heavy atom. The zero-order valence-electron chi connectivity index (χ0n) is 13.3. The van der Waals surface area contributed by atoms with Crippen LogP contribution in [0.4, 0.5) is 5.69 Å². The number of ether oxygens (including phenoxy) is 1. The van der Waals surface area contributed by atoms with Crippen molar-refractivity contribution in [2.24, 2.45) is 0 Å². The van der Waals surface area contributed by atoms with E-state index in [2.05, 4.69) is 9.71 Å². The fourth-order valence-corrected chi connectivity index (χ4v) is 3.30. The van der Waals surface area contributed by atoms with Gasteiger partial charge in [-0.1, -0.05) is 6.07 Å². The van der Waals surface area contributed by atoms with E-state index in [0.717, 1.165) is 11.3 Å². The molecule has 0 amide bonds. The molecule has 0 aliphatic heterocycles. The lowest BCUT2D eigenvalue weighted by molar-refractivity contribution is 0.397. The van der Waals surface area contributed by atoms with Gasteiger partial charge in [0.25, 0.3) is 10.0 Å². The first kappa shape index (κ1) is 16.1. The third-order valence-electron chi connectivity index (χ3n) is 3.60. The monoisotopic (exact) mass is 343 g/mol. The number of pyridine rings is 1. The Labute approximate surface area is 140 Å². The van der Waals surface area contributed by atoms with Gasteiger partial charge in [0.2, 0.25) is 5.88 Å². The number of hydrogen-bond donors (Lipinski definition) is 1. The molecule has 0 atom stereocenters. The Morgan fingerprint density at radius 1 is 1.12 bits per heavy atom. The summed E-state index contributed by atoms with van der Waals surface area (Å²) in [6.45, 7) is 1.85. The average molecular weight is 343 g/mol. The van der Waals surface area contributed by atoms with E-state index in [9.17, 15) is 8.42 Å². The SMILES string of the molecule is COc1ccc(S(=O)(=O)Nc2cc(-n3cccc3)ccc2C)cn1. The van der Waals surface area contributed by atoms with Crippen molar-refractivity contribution in [3.8, 4) is 11.6 Å². The van der Waals surface area contributed by atoms with E-state index < -0.39 is 10.0 Å². The van der Waals surface area contributed by atoms with Gasteiger partial charge in [-0.05, 0) is 42.8 Å². The van der Waals surface area contributed by atoms with Gasteiger partial charge < -0.3 is 9.30 Å². The molecule has 0 saturated carbocycles. The molecule has 0 radical (unpaired) electrons. The second-order valence-electron chi connectivity index (χ2n) is 5.23. The maximum Gasteiger partial charge on any atom is 0.263 e. The van der Waals surface area contributed by atoms with Gasteiger partial charge in [0.05, 0.1) is 19.0 Å². The minimum absolute atomic E-state index is 0.0778. The smallest absolute Gasteiger partial charge is 0.263 e. The number of rotatable bonds is 5. The maximum atomic E-state index is 12.6. The molecule has 0 bridgehead atoms. The highest BCUT2D eigenvalue weighted by Gasteiger charge is 2.16. The Kier molecular flexibility index (Phi) is 4.26. The summed E-state index contributed by atoms with van der Waals surface area (Å²) in [5.41, 5.74) is 2.23. The molecule has 3 rings (SSSR count). The van der Waals surface area contributed by atoms with Crippen LogP contribution in [0.1, 0.15) is 5.56 Å². The second-order valence-corrected chi connectivity index (χ2v) is 6.91. The molecule has 1 N–H and O–H groups in total. The van der Waals surface area contributed by atoms with E-state index in [1.807, 2.05) is 48.1 Å². The lowest BCUT2D eigenvalue weighted by Crippen LogP contribution is -2.14. The molecule has 24 heavy (non-hydrogen) atoms. The van der Waals surface area contributed by atoms with Crippen molar-refractivity contribution in [1.82, 2.24) is 9.55 Å². The first-order valence-corrected chi connectivity index (χ1v) is 8.75. The second kappa shape index (κ2) is 6.37. The number of aryl methyl sites for hydroxylation is 1. The minimum atomic E-state index is -3.72. The molecule has 6 nitrogen and oxygen atoms in total. The molecule has 3 aromatic rings. The topological polar surface area (TPSA) is 73.2 Å². The van der Waals surface area contributed by atoms with Crippen LogP contribution in [0.5, 0.6) is 5.88 Å². The maximum absolute atomic E-state index is 12.6. The van der Waals surface area contributed by atoms with Crippen LogP contribution < -0.4 is 9.46 Å². The van der Waals surface area contributed by atoms with Crippen LogP contribution in [0, 0.1) is 6.92 Å². The van der Waals surface area contributed by atoms with Gasteiger partial charge in [-0.2, -0.15) is 0 Å². The molecular weight excluding hydrogens is 326 g/mol. The summed E-state index contributed by atoms with van der Waals surface area (Å²) >= 11 is 0. The largest absolute Gasteiger partial charge is 0.481 e.